The van der Waals surface area contributed by atoms with Gasteiger partial charge in [-0.1, -0.05) is 43.5 Å². The molecule has 0 amide bonds. The van der Waals surface area contributed by atoms with E-state index in [1.54, 1.807) is 26.2 Å². The van der Waals surface area contributed by atoms with Crippen LogP contribution in [0.1, 0.15) is 90.9 Å². The molecule has 0 radical (unpaired) electrons. The van der Waals surface area contributed by atoms with Crippen LogP contribution in [-0.2, 0) is 30.4 Å². The van der Waals surface area contributed by atoms with Gasteiger partial charge in [0.25, 0.3) is 0 Å². The van der Waals surface area contributed by atoms with Gasteiger partial charge in [0, 0.05) is 48.9 Å². The molecule has 3 aliphatic heterocycles. The number of phenols is 2. The van der Waals surface area contributed by atoms with Crippen molar-refractivity contribution >= 4 is 6.08 Å². The molecule has 7 N–H and O–H groups in total. The van der Waals surface area contributed by atoms with Crippen molar-refractivity contribution in [1.29, 1.82) is 0 Å². The summed E-state index contributed by atoms with van der Waals surface area (Å²) in [6.07, 6.45) is 9.73. The van der Waals surface area contributed by atoms with E-state index in [2.05, 4.69) is 45.2 Å². The molecule has 5 atom stereocenters. The number of rotatable bonds is 15. The summed E-state index contributed by atoms with van der Waals surface area (Å²) in [5.74, 6) is 2.13. The molecule has 61 heavy (non-hydrogen) atoms. The highest BCUT2D eigenvalue weighted by Gasteiger charge is 2.50. The minimum Gasteiger partial charge on any atom is -0.508 e. The van der Waals surface area contributed by atoms with E-state index in [9.17, 15) is 20.4 Å². The zero-order valence-electron chi connectivity index (χ0n) is 35.3. The molecule has 0 saturated heterocycles. The van der Waals surface area contributed by atoms with Crippen LogP contribution in [0.25, 0.3) is 17.2 Å². The Kier molecular flexibility index (Phi) is 12.3. The molecule has 0 spiro atoms. The molecule has 0 aromatic heterocycles. The Labute approximate surface area is 357 Å². The second-order valence-electron chi connectivity index (χ2n) is 17.6. The van der Waals surface area contributed by atoms with Crippen molar-refractivity contribution in [3.8, 4) is 39.9 Å². The SMILES string of the molecule is COc1cc(C2Oc3c(c4c(c5c3CCC(CO)O5)-c3ccc(O)cc3C(Cc3ccc5c(c3)=CCN=5)C4)CC2(CNCNCC(C)O)OCNC2CCCCC2)ccc1O. The fourth-order valence-corrected chi connectivity index (χ4v) is 10.4. The molecule has 9 rings (SSSR count). The van der Waals surface area contributed by atoms with Crippen molar-refractivity contribution in [2.75, 3.05) is 46.8 Å². The van der Waals surface area contributed by atoms with Gasteiger partial charge < -0.3 is 50.0 Å². The summed E-state index contributed by atoms with van der Waals surface area (Å²) in [5, 5.41) is 55.1. The van der Waals surface area contributed by atoms with Crippen LogP contribution in [-0.4, -0.2) is 91.0 Å². The number of hydrogen-bond donors (Lipinski definition) is 7. The van der Waals surface area contributed by atoms with Crippen LogP contribution < -0.4 is 40.7 Å². The largest absolute Gasteiger partial charge is 0.508 e. The van der Waals surface area contributed by atoms with E-state index in [0.29, 0.717) is 70.5 Å². The Morgan fingerprint density at radius 3 is 2.62 bits per heavy atom. The number of ether oxygens (including phenoxy) is 4. The zero-order chi connectivity index (χ0) is 42.1. The number of aliphatic hydroxyl groups is 2. The first-order valence-corrected chi connectivity index (χ1v) is 22.2. The highest BCUT2D eigenvalue weighted by molar-refractivity contribution is 5.85. The fraction of sp³-hybridized carbons (Fsp3) is 0.490. The van der Waals surface area contributed by atoms with Gasteiger partial charge in [0.1, 0.15) is 29.0 Å². The molecule has 3 heterocycles. The summed E-state index contributed by atoms with van der Waals surface area (Å²) >= 11 is 0. The molecule has 2 aliphatic carbocycles. The van der Waals surface area contributed by atoms with E-state index in [1.165, 1.54) is 24.8 Å². The molecule has 12 heteroatoms. The third-order valence-electron chi connectivity index (χ3n) is 13.4. The first-order chi connectivity index (χ1) is 29.7. The molecule has 4 aromatic rings. The monoisotopic (exact) mass is 832 g/mol. The van der Waals surface area contributed by atoms with Crippen molar-refractivity contribution in [3.05, 3.63) is 98.6 Å². The number of aliphatic hydroxyl groups excluding tert-OH is 2. The minimum atomic E-state index is -0.960. The molecule has 1 saturated carbocycles. The Bertz CT molecular complexity index is 2360. The first kappa shape index (κ1) is 41.7. The van der Waals surface area contributed by atoms with Crippen LogP contribution in [0.4, 0.5) is 0 Å². The molecule has 5 aliphatic rings. The second-order valence-corrected chi connectivity index (χ2v) is 17.6. The van der Waals surface area contributed by atoms with E-state index in [4.69, 9.17) is 18.9 Å². The van der Waals surface area contributed by atoms with E-state index < -0.39 is 17.8 Å². The highest BCUT2D eigenvalue weighted by atomic mass is 16.6. The van der Waals surface area contributed by atoms with Gasteiger partial charge in [-0.2, -0.15) is 0 Å². The van der Waals surface area contributed by atoms with Crippen LogP contribution in [0.15, 0.2) is 59.6 Å². The van der Waals surface area contributed by atoms with Gasteiger partial charge in [0.05, 0.1) is 38.5 Å². The predicted octanol–water partition coefficient (Wildman–Crippen LogP) is 4.58. The lowest BCUT2D eigenvalue weighted by atomic mass is 9.70. The Hall–Kier alpha value is -4.69. The van der Waals surface area contributed by atoms with Gasteiger partial charge in [0.15, 0.2) is 17.6 Å². The van der Waals surface area contributed by atoms with Crippen LogP contribution in [0.2, 0.25) is 0 Å². The van der Waals surface area contributed by atoms with Gasteiger partial charge in [-0.15, -0.1) is 0 Å². The van der Waals surface area contributed by atoms with Gasteiger partial charge in [0.2, 0.25) is 0 Å². The van der Waals surface area contributed by atoms with E-state index >= 15 is 0 Å². The number of aromatic hydroxyl groups is 2. The standard InChI is InChI=1S/C49H60N4O8/c1-29(55)24-50-27-51-26-49(59-28-53-34-6-4-3-5-7-34)23-41-40-20-33(19-30-8-14-42-31(18-30)16-17-52-42)39-22-35(56)10-12-37(39)45(40)47-38(13-11-36(25-54)60-47)46(41)61-48(49)32-9-15-43(57)44(21-32)58-2/h8-10,12,14-16,18,21-22,29,33-34,36,48,50-51,53-57H,3-7,11,13,17,19-20,23-28H2,1-2H3. The van der Waals surface area contributed by atoms with Gasteiger partial charge in [-0.05, 0) is 121 Å². The first-order valence-electron chi connectivity index (χ1n) is 22.2. The summed E-state index contributed by atoms with van der Waals surface area (Å²) in [6.45, 7) is 3.95. The van der Waals surface area contributed by atoms with Crippen LogP contribution in [0.5, 0.6) is 28.7 Å². The topological polar surface area (TPSA) is 166 Å². The Morgan fingerprint density at radius 2 is 1.80 bits per heavy atom. The lowest BCUT2D eigenvalue weighted by Crippen LogP contribution is -2.56. The maximum atomic E-state index is 11.0. The highest BCUT2D eigenvalue weighted by Crippen LogP contribution is 2.57. The fourth-order valence-electron chi connectivity index (χ4n) is 10.4. The molecular formula is C49H60N4O8. The minimum absolute atomic E-state index is 0.0236. The predicted molar refractivity (Wildman–Crippen MR) is 233 cm³/mol. The zero-order valence-corrected chi connectivity index (χ0v) is 35.3. The molecule has 1 fully saturated rings. The second kappa shape index (κ2) is 18.0. The van der Waals surface area contributed by atoms with Crippen LogP contribution >= 0.6 is 0 Å². The molecule has 324 valence electrons. The number of hydrogen-bond acceptors (Lipinski definition) is 12. The quantitative estimate of drug-likeness (QED) is 0.0663. The lowest BCUT2D eigenvalue weighted by Gasteiger charge is -2.47. The van der Waals surface area contributed by atoms with Gasteiger partial charge >= 0.3 is 0 Å². The number of nitrogens with zero attached hydrogens (tertiary/aromatic N) is 1. The average molecular weight is 833 g/mol. The molecule has 0 bridgehead atoms. The number of methoxy groups -OCH3 is 1. The Morgan fingerprint density at radius 1 is 0.934 bits per heavy atom. The third-order valence-corrected chi connectivity index (χ3v) is 13.4. The van der Waals surface area contributed by atoms with Gasteiger partial charge in [-0.3, -0.25) is 10.3 Å². The number of nitrogens with one attached hydrogen (secondary N) is 3. The lowest BCUT2D eigenvalue weighted by molar-refractivity contribution is -0.132. The molecular weight excluding hydrogens is 773 g/mol. The van der Waals surface area contributed by atoms with Crippen molar-refractivity contribution in [3.63, 3.8) is 0 Å². The Balaban J connectivity index is 1.20. The van der Waals surface area contributed by atoms with Crippen molar-refractivity contribution in [1.82, 2.24) is 16.0 Å². The maximum Gasteiger partial charge on any atom is 0.160 e. The van der Waals surface area contributed by atoms with Crippen LogP contribution in [0, 0.1) is 0 Å². The summed E-state index contributed by atoms with van der Waals surface area (Å²) in [7, 11) is 1.55. The number of fused-ring (bicyclic) bond motifs is 9. The van der Waals surface area contributed by atoms with E-state index in [-0.39, 0.29) is 30.1 Å². The summed E-state index contributed by atoms with van der Waals surface area (Å²) in [6, 6.07) is 18.0. The summed E-state index contributed by atoms with van der Waals surface area (Å²) < 4.78 is 27.2. The normalized spacial score (nSPS) is 23.2. The summed E-state index contributed by atoms with van der Waals surface area (Å²) in [5.41, 5.74) is 7.28. The third kappa shape index (κ3) is 8.46. The van der Waals surface area contributed by atoms with Gasteiger partial charge in [-0.25, -0.2) is 0 Å². The van der Waals surface area contributed by atoms with E-state index in [0.717, 1.165) is 80.3 Å². The molecule has 12 nitrogen and oxygen atoms in total. The average Bonchev–Trinajstić information content (AvgIpc) is 3.75. The van der Waals surface area contributed by atoms with Crippen LogP contribution in [0.3, 0.4) is 0 Å². The molecule has 5 unspecified atom stereocenters. The summed E-state index contributed by atoms with van der Waals surface area (Å²) in [4.78, 5) is 4.62. The smallest absolute Gasteiger partial charge is 0.160 e. The molecule has 4 aromatic carbocycles. The van der Waals surface area contributed by atoms with E-state index in [1.807, 2.05) is 24.3 Å². The number of benzene rings is 4. The van der Waals surface area contributed by atoms with Crippen molar-refractivity contribution in [2.24, 2.45) is 4.99 Å². The van der Waals surface area contributed by atoms with Crippen molar-refractivity contribution < 1.29 is 39.4 Å². The maximum absolute atomic E-state index is 11.0. The van der Waals surface area contributed by atoms with Crippen molar-refractivity contribution in [2.45, 2.75) is 107 Å². The number of phenolic OH excluding ortho intramolecular Hbond substituents is 2.